The molecule has 0 spiro atoms. The molecule has 82 valence electrons. The first-order valence-electron chi connectivity index (χ1n) is 4.76. The second-order valence-electron chi connectivity index (χ2n) is 3.18. The zero-order valence-electron chi connectivity index (χ0n) is 8.82. The summed E-state index contributed by atoms with van der Waals surface area (Å²) in [6.45, 7) is 1.03. The maximum absolute atomic E-state index is 7.01. The summed E-state index contributed by atoms with van der Waals surface area (Å²) in [7, 11) is 1.64. The third-order valence-corrected chi connectivity index (χ3v) is 1.94. The molecule has 1 aromatic carbocycles. The van der Waals surface area contributed by atoms with E-state index in [-0.39, 0.29) is 5.84 Å². The Bertz CT molecular complexity index is 309. The van der Waals surface area contributed by atoms with Gasteiger partial charge in [0.1, 0.15) is 5.75 Å². The fraction of sp³-hybridized carbons (Fsp3) is 0.364. The summed E-state index contributed by atoms with van der Waals surface area (Å²) >= 11 is 0. The van der Waals surface area contributed by atoms with Gasteiger partial charge in [0.15, 0.2) is 0 Å². The summed E-state index contributed by atoms with van der Waals surface area (Å²) in [6.07, 6.45) is 0.482. The molecule has 0 atom stereocenters. The van der Waals surface area contributed by atoms with Crippen molar-refractivity contribution in [2.75, 3.05) is 13.7 Å². The second kappa shape index (κ2) is 6.03. The van der Waals surface area contributed by atoms with Crippen LogP contribution in [0.2, 0.25) is 0 Å². The van der Waals surface area contributed by atoms with Crippen LogP contribution in [0, 0.1) is 5.41 Å². The van der Waals surface area contributed by atoms with E-state index in [1.165, 1.54) is 0 Å². The molecule has 0 aromatic heterocycles. The Morgan fingerprint density at radius 3 is 2.53 bits per heavy atom. The van der Waals surface area contributed by atoms with Crippen molar-refractivity contribution in [2.45, 2.75) is 13.0 Å². The summed E-state index contributed by atoms with van der Waals surface area (Å²) in [5.41, 5.74) is 6.28. The average molecular weight is 208 g/mol. The highest BCUT2D eigenvalue weighted by Crippen LogP contribution is 2.11. The van der Waals surface area contributed by atoms with Gasteiger partial charge >= 0.3 is 0 Å². The molecule has 15 heavy (non-hydrogen) atoms. The molecule has 0 fully saturated rings. The van der Waals surface area contributed by atoms with Crippen LogP contribution in [-0.4, -0.2) is 19.6 Å². The largest absolute Gasteiger partial charge is 0.497 e. The number of amidine groups is 1. The molecular formula is C11H16N2O2. The molecule has 0 saturated carbocycles. The summed E-state index contributed by atoms with van der Waals surface area (Å²) in [5.74, 6) is 0.993. The van der Waals surface area contributed by atoms with Gasteiger partial charge in [0, 0.05) is 6.42 Å². The van der Waals surface area contributed by atoms with E-state index in [0.717, 1.165) is 11.3 Å². The minimum Gasteiger partial charge on any atom is -0.497 e. The van der Waals surface area contributed by atoms with Crippen molar-refractivity contribution in [3.63, 3.8) is 0 Å². The van der Waals surface area contributed by atoms with Crippen LogP contribution in [0.3, 0.4) is 0 Å². The summed E-state index contributed by atoms with van der Waals surface area (Å²) in [4.78, 5) is 0. The van der Waals surface area contributed by atoms with E-state index in [1.807, 2.05) is 24.3 Å². The van der Waals surface area contributed by atoms with Gasteiger partial charge in [-0.3, -0.25) is 5.41 Å². The lowest BCUT2D eigenvalue weighted by Crippen LogP contribution is -2.12. The van der Waals surface area contributed by atoms with E-state index in [1.54, 1.807) is 7.11 Å². The molecule has 0 amide bonds. The molecule has 0 heterocycles. The van der Waals surface area contributed by atoms with E-state index in [2.05, 4.69) is 0 Å². The molecule has 1 rings (SSSR count). The first-order valence-corrected chi connectivity index (χ1v) is 4.76. The van der Waals surface area contributed by atoms with Gasteiger partial charge in [0.05, 0.1) is 26.2 Å². The van der Waals surface area contributed by atoms with Gasteiger partial charge in [-0.05, 0) is 17.7 Å². The van der Waals surface area contributed by atoms with Gasteiger partial charge in [-0.2, -0.15) is 0 Å². The van der Waals surface area contributed by atoms with Crippen LogP contribution >= 0.6 is 0 Å². The number of hydrogen-bond acceptors (Lipinski definition) is 3. The summed E-state index contributed by atoms with van der Waals surface area (Å²) in [5, 5.41) is 7.01. The summed E-state index contributed by atoms with van der Waals surface area (Å²) < 4.78 is 10.4. The van der Waals surface area contributed by atoms with Crippen molar-refractivity contribution >= 4 is 5.84 Å². The van der Waals surface area contributed by atoms with Crippen LogP contribution in [0.15, 0.2) is 24.3 Å². The second-order valence-corrected chi connectivity index (χ2v) is 3.18. The minimum absolute atomic E-state index is 0.157. The quantitative estimate of drug-likeness (QED) is 0.423. The van der Waals surface area contributed by atoms with Crippen molar-refractivity contribution in [1.29, 1.82) is 5.41 Å². The molecule has 4 nitrogen and oxygen atoms in total. The zero-order valence-corrected chi connectivity index (χ0v) is 8.82. The molecule has 0 radical (unpaired) electrons. The number of methoxy groups -OCH3 is 1. The van der Waals surface area contributed by atoms with Gasteiger partial charge < -0.3 is 15.2 Å². The lowest BCUT2D eigenvalue weighted by atomic mass is 10.2. The van der Waals surface area contributed by atoms with Crippen molar-refractivity contribution in [3.05, 3.63) is 29.8 Å². The number of ether oxygens (including phenoxy) is 2. The third-order valence-electron chi connectivity index (χ3n) is 1.94. The molecule has 0 aliphatic rings. The SMILES string of the molecule is COc1ccc(COCCC(=N)N)cc1. The first kappa shape index (κ1) is 11.5. The van der Waals surface area contributed by atoms with Crippen molar-refractivity contribution in [1.82, 2.24) is 0 Å². The average Bonchev–Trinajstić information content (AvgIpc) is 2.25. The van der Waals surface area contributed by atoms with Crippen LogP contribution in [-0.2, 0) is 11.3 Å². The van der Waals surface area contributed by atoms with E-state index < -0.39 is 0 Å². The van der Waals surface area contributed by atoms with E-state index in [4.69, 9.17) is 20.6 Å². The Kier molecular flexibility index (Phi) is 4.63. The number of nitrogens with two attached hydrogens (primary N) is 1. The van der Waals surface area contributed by atoms with Crippen LogP contribution in [0.1, 0.15) is 12.0 Å². The third kappa shape index (κ3) is 4.46. The van der Waals surface area contributed by atoms with E-state index >= 15 is 0 Å². The van der Waals surface area contributed by atoms with E-state index in [9.17, 15) is 0 Å². The van der Waals surface area contributed by atoms with Gasteiger partial charge in [-0.1, -0.05) is 12.1 Å². The topological polar surface area (TPSA) is 68.3 Å². The van der Waals surface area contributed by atoms with Crippen molar-refractivity contribution in [3.8, 4) is 5.75 Å². The van der Waals surface area contributed by atoms with Gasteiger partial charge in [-0.25, -0.2) is 0 Å². The fourth-order valence-electron chi connectivity index (χ4n) is 1.09. The zero-order chi connectivity index (χ0) is 11.1. The maximum atomic E-state index is 7.01. The van der Waals surface area contributed by atoms with Crippen LogP contribution < -0.4 is 10.5 Å². The molecule has 0 unspecified atom stereocenters. The number of hydrogen-bond donors (Lipinski definition) is 2. The highest BCUT2D eigenvalue weighted by Gasteiger charge is 1.95. The first-order chi connectivity index (χ1) is 7.22. The Labute approximate surface area is 89.5 Å². The fourth-order valence-corrected chi connectivity index (χ4v) is 1.09. The Morgan fingerprint density at radius 2 is 2.00 bits per heavy atom. The maximum Gasteiger partial charge on any atom is 0.118 e. The lowest BCUT2D eigenvalue weighted by molar-refractivity contribution is 0.127. The number of rotatable bonds is 6. The van der Waals surface area contributed by atoms with E-state index in [0.29, 0.717) is 19.6 Å². The van der Waals surface area contributed by atoms with Crippen molar-refractivity contribution in [2.24, 2.45) is 5.73 Å². The molecule has 1 aromatic rings. The lowest BCUT2D eigenvalue weighted by Gasteiger charge is -2.04. The molecular weight excluding hydrogens is 192 g/mol. The number of nitrogens with one attached hydrogen (secondary N) is 1. The predicted molar refractivity (Wildman–Crippen MR) is 59.2 cm³/mol. The van der Waals surface area contributed by atoms with Crippen LogP contribution in [0.4, 0.5) is 0 Å². The normalized spacial score (nSPS) is 9.93. The van der Waals surface area contributed by atoms with Crippen LogP contribution in [0.5, 0.6) is 5.75 Å². The standard InChI is InChI=1S/C11H16N2O2/c1-14-10-4-2-9(3-5-10)8-15-7-6-11(12)13/h2-5H,6-8H2,1H3,(H3,12,13). The highest BCUT2D eigenvalue weighted by atomic mass is 16.5. The Morgan fingerprint density at radius 1 is 1.33 bits per heavy atom. The molecule has 3 N–H and O–H groups in total. The molecule has 4 heteroatoms. The van der Waals surface area contributed by atoms with Gasteiger partial charge in [0.25, 0.3) is 0 Å². The van der Waals surface area contributed by atoms with Crippen LogP contribution in [0.25, 0.3) is 0 Å². The highest BCUT2D eigenvalue weighted by molar-refractivity contribution is 5.76. The molecule has 0 aliphatic heterocycles. The molecule has 0 saturated heterocycles. The minimum atomic E-state index is 0.157. The summed E-state index contributed by atoms with van der Waals surface area (Å²) in [6, 6.07) is 7.69. The van der Waals surface area contributed by atoms with Gasteiger partial charge in [-0.15, -0.1) is 0 Å². The Hall–Kier alpha value is -1.55. The number of benzene rings is 1. The Balaban J connectivity index is 2.28. The molecule has 0 aliphatic carbocycles. The van der Waals surface area contributed by atoms with Crippen molar-refractivity contribution < 1.29 is 9.47 Å². The van der Waals surface area contributed by atoms with Gasteiger partial charge in [0.2, 0.25) is 0 Å². The smallest absolute Gasteiger partial charge is 0.118 e. The predicted octanol–water partition coefficient (Wildman–Crippen LogP) is 1.54. The monoisotopic (exact) mass is 208 g/mol. The molecule has 0 bridgehead atoms.